The zero-order valence-electron chi connectivity index (χ0n) is 24.2. The molecule has 0 saturated carbocycles. The molecule has 0 aliphatic carbocycles. The zero-order valence-corrected chi connectivity index (χ0v) is 25.8. The summed E-state index contributed by atoms with van der Waals surface area (Å²) in [5.74, 6) is -1.41. The van der Waals surface area contributed by atoms with Crippen molar-refractivity contribution in [2.45, 2.75) is 52.0 Å². The van der Waals surface area contributed by atoms with Gasteiger partial charge in [0.05, 0.1) is 28.8 Å². The number of carbonyl (C=O) groups excluding carboxylic acids is 1. The third kappa shape index (κ3) is 6.58. The summed E-state index contributed by atoms with van der Waals surface area (Å²) in [6, 6.07) is 13.2. The van der Waals surface area contributed by atoms with Gasteiger partial charge in [-0.25, -0.2) is 26.5 Å². The van der Waals surface area contributed by atoms with Gasteiger partial charge in [0.2, 0.25) is 27.8 Å². The Morgan fingerprint density at radius 3 is 2.40 bits per heavy atom. The van der Waals surface area contributed by atoms with Gasteiger partial charge in [-0.1, -0.05) is 45.0 Å². The van der Waals surface area contributed by atoms with Crippen LogP contribution in [0.1, 0.15) is 38.3 Å². The Kier molecular flexibility index (Phi) is 7.79. The molecule has 2 N–H and O–H groups in total. The van der Waals surface area contributed by atoms with E-state index in [1.807, 2.05) is 52.8 Å². The van der Waals surface area contributed by atoms with Crippen LogP contribution < -0.4 is 14.8 Å². The van der Waals surface area contributed by atoms with E-state index in [0.29, 0.717) is 5.69 Å². The highest BCUT2D eigenvalue weighted by Gasteiger charge is 2.40. The van der Waals surface area contributed by atoms with Gasteiger partial charge in [0.25, 0.3) is 10.0 Å². The van der Waals surface area contributed by atoms with Crippen molar-refractivity contribution in [2.75, 3.05) is 28.9 Å². The normalized spacial score (nSPS) is 20.9. The number of ether oxygens (including phenoxy) is 1. The molecule has 5 rings (SSSR count). The molecule has 1 amide bonds. The maximum absolute atomic E-state index is 13.5. The van der Waals surface area contributed by atoms with E-state index in [-0.39, 0.29) is 47.7 Å². The number of sulfonamides is 2. The number of aromatic nitrogens is 2. The summed E-state index contributed by atoms with van der Waals surface area (Å²) in [5.41, 5.74) is 2.84. The monoisotopic (exact) mass is 613 g/mol. The van der Waals surface area contributed by atoms with Crippen molar-refractivity contribution in [2.24, 2.45) is 11.3 Å². The topological polar surface area (TPSA) is 148 Å². The molecule has 11 nitrogen and oxygen atoms in total. The first-order valence-electron chi connectivity index (χ1n) is 13.6. The summed E-state index contributed by atoms with van der Waals surface area (Å²) >= 11 is 0. The molecule has 2 aliphatic rings. The molecule has 2 atom stereocenters. The van der Waals surface area contributed by atoms with Gasteiger partial charge in [0.15, 0.2) is 0 Å². The SMILES string of the molecule is Cc1cccc(C)c1-c1cc2nc(n1)NS(=O)(=O)c1cccc(c1)NC(=O)[C@@H]1C[C@@H](CN(S(=O)(=O)CC(C)(C)C)C1)O2. The van der Waals surface area contributed by atoms with Crippen LogP contribution in [0.4, 0.5) is 11.6 Å². The second kappa shape index (κ2) is 10.9. The third-order valence-corrected chi connectivity index (χ3v) is 10.8. The van der Waals surface area contributed by atoms with Crippen LogP contribution in [0.15, 0.2) is 53.4 Å². The fourth-order valence-corrected chi connectivity index (χ4v) is 8.43. The van der Waals surface area contributed by atoms with Gasteiger partial charge >= 0.3 is 0 Å². The zero-order chi connectivity index (χ0) is 30.4. The summed E-state index contributed by atoms with van der Waals surface area (Å²) in [6.45, 7) is 9.38. The van der Waals surface area contributed by atoms with Gasteiger partial charge in [-0.3, -0.25) is 4.79 Å². The molecule has 13 heteroatoms. The minimum absolute atomic E-state index is 0.0153. The first-order valence-corrected chi connectivity index (χ1v) is 16.7. The smallest absolute Gasteiger partial charge is 0.264 e. The molecule has 0 spiro atoms. The summed E-state index contributed by atoms with van der Waals surface area (Å²) in [5, 5.41) is 2.76. The lowest BCUT2D eigenvalue weighted by molar-refractivity contribution is -0.122. The average molecular weight is 614 g/mol. The van der Waals surface area contributed by atoms with Crippen molar-refractivity contribution in [3.8, 4) is 17.1 Å². The quantitative estimate of drug-likeness (QED) is 0.451. The van der Waals surface area contributed by atoms with Crippen molar-refractivity contribution in [1.82, 2.24) is 14.3 Å². The third-order valence-electron chi connectivity index (χ3n) is 7.12. The van der Waals surface area contributed by atoms with E-state index in [1.54, 1.807) is 12.1 Å². The van der Waals surface area contributed by atoms with Crippen molar-refractivity contribution >= 4 is 37.6 Å². The lowest BCUT2D eigenvalue weighted by Gasteiger charge is -2.37. The van der Waals surface area contributed by atoms with E-state index < -0.39 is 43.4 Å². The molecule has 42 heavy (non-hydrogen) atoms. The molecule has 0 unspecified atom stereocenters. The summed E-state index contributed by atoms with van der Waals surface area (Å²) < 4.78 is 63.6. The number of piperidine rings is 1. The molecule has 0 radical (unpaired) electrons. The van der Waals surface area contributed by atoms with Gasteiger partial charge in [0.1, 0.15) is 6.10 Å². The largest absolute Gasteiger partial charge is 0.473 e. The van der Waals surface area contributed by atoms with Crippen LogP contribution in [0, 0.1) is 25.2 Å². The maximum atomic E-state index is 13.5. The highest BCUT2D eigenvalue weighted by Crippen LogP contribution is 2.32. The van der Waals surface area contributed by atoms with Crippen LogP contribution in [0.25, 0.3) is 11.3 Å². The highest BCUT2D eigenvalue weighted by molar-refractivity contribution is 7.92. The number of hydrogen-bond donors (Lipinski definition) is 2. The van der Waals surface area contributed by atoms with Crippen LogP contribution in [0.5, 0.6) is 5.88 Å². The molecule has 1 aromatic heterocycles. The first-order chi connectivity index (χ1) is 19.6. The molecule has 6 bridgehead atoms. The molecule has 1 fully saturated rings. The molecule has 3 aromatic rings. The lowest BCUT2D eigenvalue weighted by Crippen LogP contribution is -2.52. The molecular weight excluding hydrogens is 578 g/mol. The number of benzene rings is 2. The summed E-state index contributed by atoms with van der Waals surface area (Å²) in [6.07, 6.45) is -0.500. The van der Waals surface area contributed by atoms with Crippen LogP contribution >= 0.6 is 0 Å². The number of hydrogen-bond acceptors (Lipinski definition) is 8. The fourth-order valence-electron chi connectivity index (χ4n) is 5.37. The number of nitrogens with zero attached hydrogens (tertiary/aromatic N) is 3. The number of fused-ring (bicyclic) bond motifs is 6. The summed E-state index contributed by atoms with van der Waals surface area (Å²) in [4.78, 5) is 22.2. The number of anilines is 2. The minimum atomic E-state index is -4.14. The second-order valence-corrected chi connectivity index (χ2v) is 15.8. The Bertz CT molecular complexity index is 1730. The minimum Gasteiger partial charge on any atom is -0.473 e. The standard InChI is InChI=1S/C29H35N5O6S2/c1-18-8-6-9-19(2)26(18)24-14-25-32-28(31-24)33-42(38,39)23-11-7-10-21(13-23)30-27(35)20-12-22(40-25)16-34(15-20)41(36,37)17-29(3,4)5/h6-11,13-14,20,22H,12,15-17H2,1-5H3,(H,30,35)(H,31,32,33)/t20-,22+/m1/s1. The van der Waals surface area contributed by atoms with Gasteiger partial charge in [-0.2, -0.15) is 9.29 Å². The van der Waals surface area contributed by atoms with Crippen LogP contribution in [0.3, 0.4) is 0 Å². The predicted octanol–water partition coefficient (Wildman–Crippen LogP) is 3.96. The first kappa shape index (κ1) is 29.9. The van der Waals surface area contributed by atoms with Crippen molar-refractivity contribution in [3.05, 3.63) is 59.7 Å². The Morgan fingerprint density at radius 1 is 1.02 bits per heavy atom. The molecule has 224 valence electrons. The molecule has 1 saturated heterocycles. The Labute approximate surface area is 246 Å². The van der Waals surface area contributed by atoms with Crippen molar-refractivity contribution in [1.29, 1.82) is 0 Å². The highest BCUT2D eigenvalue weighted by atomic mass is 32.2. The van der Waals surface area contributed by atoms with E-state index in [4.69, 9.17) is 4.74 Å². The average Bonchev–Trinajstić information content (AvgIpc) is 2.86. The lowest BCUT2D eigenvalue weighted by atomic mass is 9.96. The van der Waals surface area contributed by atoms with E-state index in [1.165, 1.54) is 22.5 Å². The molecule has 2 aromatic carbocycles. The van der Waals surface area contributed by atoms with Crippen LogP contribution in [-0.4, -0.2) is 62.0 Å². The number of carbonyl (C=O) groups is 1. The van der Waals surface area contributed by atoms with Gasteiger partial charge in [-0.15, -0.1) is 0 Å². The summed E-state index contributed by atoms with van der Waals surface area (Å²) in [7, 11) is -7.88. The molecular formula is C29H35N5O6S2. The van der Waals surface area contributed by atoms with E-state index >= 15 is 0 Å². The van der Waals surface area contributed by atoms with Crippen LogP contribution in [0.2, 0.25) is 0 Å². The van der Waals surface area contributed by atoms with E-state index in [9.17, 15) is 21.6 Å². The van der Waals surface area contributed by atoms with Gasteiger partial charge in [-0.05, 0) is 55.0 Å². The Balaban J connectivity index is 1.64. The second-order valence-electron chi connectivity index (χ2n) is 12.1. The number of amides is 1. The molecule has 2 aliphatic heterocycles. The predicted molar refractivity (Wildman–Crippen MR) is 160 cm³/mol. The Morgan fingerprint density at radius 2 is 1.71 bits per heavy atom. The molecule has 3 heterocycles. The number of rotatable bonds is 3. The van der Waals surface area contributed by atoms with Gasteiger partial charge < -0.3 is 10.1 Å². The number of aryl methyl sites for hydroxylation is 2. The van der Waals surface area contributed by atoms with Crippen molar-refractivity contribution < 1.29 is 26.4 Å². The maximum Gasteiger partial charge on any atom is 0.264 e. The van der Waals surface area contributed by atoms with E-state index in [2.05, 4.69) is 20.0 Å². The van der Waals surface area contributed by atoms with Crippen molar-refractivity contribution in [3.63, 3.8) is 0 Å². The van der Waals surface area contributed by atoms with Gasteiger partial charge in [0, 0.05) is 23.9 Å². The van der Waals surface area contributed by atoms with Crippen LogP contribution in [-0.2, 0) is 24.8 Å². The number of nitrogens with one attached hydrogen (secondary N) is 2. The van der Waals surface area contributed by atoms with E-state index in [0.717, 1.165) is 16.7 Å². The Hall–Kier alpha value is -3.55. The fraction of sp³-hybridized carbons (Fsp3) is 0.414.